The zero-order chi connectivity index (χ0) is 16.0. The normalized spacial score (nSPS) is 16.2. The van der Waals surface area contributed by atoms with Crippen LogP contribution in [-0.4, -0.2) is 21.0 Å². The van der Waals surface area contributed by atoms with E-state index in [0.717, 1.165) is 16.1 Å². The molecule has 0 saturated carbocycles. The first-order valence-corrected chi connectivity index (χ1v) is 7.70. The van der Waals surface area contributed by atoms with E-state index in [2.05, 4.69) is 15.5 Å². The van der Waals surface area contributed by atoms with Crippen molar-refractivity contribution >= 4 is 22.9 Å². The Morgan fingerprint density at radius 2 is 2.13 bits per heavy atom. The topological polar surface area (TPSA) is 101 Å². The van der Waals surface area contributed by atoms with Crippen LogP contribution in [-0.2, 0) is 0 Å². The molecule has 7 nitrogen and oxygen atoms in total. The lowest BCUT2D eigenvalue weighted by atomic mass is 9.99. The van der Waals surface area contributed by atoms with E-state index in [4.69, 9.17) is 0 Å². The molecule has 0 radical (unpaired) electrons. The molecule has 1 aliphatic rings. The molecule has 1 aromatic carbocycles. The van der Waals surface area contributed by atoms with Crippen LogP contribution in [0.2, 0.25) is 0 Å². The van der Waals surface area contributed by atoms with Crippen molar-refractivity contribution in [3.05, 3.63) is 68.7 Å². The van der Waals surface area contributed by atoms with Gasteiger partial charge in [-0.1, -0.05) is 18.2 Å². The van der Waals surface area contributed by atoms with Crippen LogP contribution in [0.5, 0.6) is 0 Å². The third kappa shape index (κ3) is 2.11. The van der Waals surface area contributed by atoms with Crippen molar-refractivity contribution in [2.75, 3.05) is 0 Å². The summed E-state index contributed by atoms with van der Waals surface area (Å²) in [6.07, 6.45) is 0. The average Bonchev–Trinajstić information content (AvgIpc) is 3.25. The Labute approximate surface area is 134 Å². The molecule has 1 amide bonds. The number of thiophene rings is 1. The highest BCUT2D eigenvalue weighted by Gasteiger charge is 2.36. The molecule has 0 saturated heterocycles. The third-order valence-corrected chi connectivity index (χ3v) is 4.65. The van der Waals surface area contributed by atoms with Crippen molar-refractivity contribution in [3.63, 3.8) is 0 Å². The quantitative estimate of drug-likeness (QED) is 0.571. The minimum absolute atomic E-state index is 0.00799. The van der Waals surface area contributed by atoms with E-state index < -0.39 is 11.0 Å². The highest BCUT2D eigenvalue weighted by molar-refractivity contribution is 7.13. The SMILES string of the molecule is O=C1NC(c2cccc([N+](=O)[O-])c2)c2c1n[nH]c2-c1cccs1. The molecule has 0 aliphatic carbocycles. The lowest BCUT2D eigenvalue weighted by molar-refractivity contribution is -0.384. The fourth-order valence-electron chi connectivity index (χ4n) is 2.75. The zero-order valence-corrected chi connectivity index (χ0v) is 12.5. The molecule has 23 heavy (non-hydrogen) atoms. The average molecular weight is 326 g/mol. The molecule has 114 valence electrons. The van der Waals surface area contributed by atoms with Crippen molar-refractivity contribution in [3.8, 4) is 10.6 Å². The van der Waals surface area contributed by atoms with Crippen molar-refractivity contribution in [2.45, 2.75) is 6.04 Å². The Bertz CT molecular complexity index is 917. The number of hydrogen-bond acceptors (Lipinski definition) is 5. The van der Waals surface area contributed by atoms with E-state index in [1.54, 1.807) is 12.1 Å². The number of non-ortho nitro benzene ring substituents is 1. The highest BCUT2D eigenvalue weighted by atomic mass is 32.1. The monoisotopic (exact) mass is 326 g/mol. The molecule has 8 heteroatoms. The number of benzene rings is 1. The minimum atomic E-state index is -0.451. The maximum Gasteiger partial charge on any atom is 0.272 e. The van der Waals surface area contributed by atoms with E-state index in [1.165, 1.54) is 23.5 Å². The highest BCUT2D eigenvalue weighted by Crippen LogP contribution is 2.38. The molecule has 1 unspecified atom stereocenters. The fraction of sp³-hybridized carbons (Fsp3) is 0.0667. The van der Waals surface area contributed by atoms with Crippen LogP contribution < -0.4 is 5.32 Å². The van der Waals surface area contributed by atoms with Gasteiger partial charge in [0.15, 0.2) is 5.69 Å². The van der Waals surface area contributed by atoms with Crippen LogP contribution >= 0.6 is 11.3 Å². The van der Waals surface area contributed by atoms with E-state index >= 15 is 0 Å². The second kappa shape index (κ2) is 5.03. The molecular weight excluding hydrogens is 316 g/mol. The lowest BCUT2D eigenvalue weighted by Crippen LogP contribution is -2.21. The van der Waals surface area contributed by atoms with Gasteiger partial charge in [-0.2, -0.15) is 5.10 Å². The lowest BCUT2D eigenvalue weighted by Gasteiger charge is -2.12. The van der Waals surface area contributed by atoms with Gasteiger partial charge < -0.3 is 5.32 Å². The summed E-state index contributed by atoms with van der Waals surface area (Å²) in [5.74, 6) is -0.282. The van der Waals surface area contributed by atoms with Gasteiger partial charge >= 0.3 is 0 Å². The van der Waals surface area contributed by atoms with E-state index in [9.17, 15) is 14.9 Å². The molecule has 3 heterocycles. The summed E-state index contributed by atoms with van der Waals surface area (Å²) in [4.78, 5) is 23.6. The molecule has 0 bridgehead atoms. The summed E-state index contributed by atoms with van der Waals surface area (Å²) in [6, 6.07) is 9.68. The number of aromatic amines is 1. The van der Waals surface area contributed by atoms with Gasteiger partial charge in [0, 0.05) is 17.7 Å². The minimum Gasteiger partial charge on any atom is -0.340 e. The van der Waals surface area contributed by atoms with E-state index in [-0.39, 0.29) is 11.6 Å². The van der Waals surface area contributed by atoms with E-state index in [1.807, 2.05) is 17.5 Å². The van der Waals surface area contributed by atoms with Crippen LogP contribution in [0.4, 0.5) is 5.69 Å². The third-order valence-electron chi connectivity index (χ3n) is 3.77. The number of rotatable bonds is 3. The number of amides is 1. The van der Waals surface area contributed by atoms with Crippen LogP contribution in [0.25, 0.3) is 10.6 Å². The smallest absolute Gasteiger partial charge is 0.272 e. The Morgan fingerprint density at radius 1 is 1.26 bits per heavy atom. The van der Waals surface area contributed by atoms with Gasteiger partial charge in [0.05, 0.1) is 21.5 Å². The summed E-state index contributed by atoms with van der Waals surface area (Å²) in [5.41, 5.74) is 2.49. The summed E-state index contributed by atoms with van der Waals surface area (Å²) in [6.45, 7) is 0. The number of nitro groups is 1. The first-order valence-electron chi connectivity index (χ1n) is 6.82. The Hall–Kier alpha value is -3.00. The predicted molar refractivity (Wildman–Crippen MR) is 84.3 cm³/mol. The summed E-state index contributed by atoms with van der Waals surface area (Å²) >= 11 is 1.53. The molecular formula is C15H10N4O3S. The molecule has 2 aromatic heterocycles. The van der Waals surface area contributed by atoms with Crippen LogP contribution in [0, 0.1) is 10.1 Å². The number of fused-ring (bicyclic) bond motifs is 1. The van der Waals surface area contributed by atoms with Gasteiger partial charge in [0.2, 0.25) is 0 Å². The maximum absolute atomic E-state index is 12.1. The summed E-state index contributed by atoms with van der Waals surface area (Å²) in [5, 5.41) is 22.8. The first-order chi connectivity index (χ1) is 11.1. The van der Waals surface area contributed by atoms with Crippen LogP contribution in [0.15, 0.2) is 41.8 Å². The van der Waals surface area contributed by atoms with Gasteiger partial charge in [-0.3, -0.25) is 20.0 Å². The number of nitro benzene ring substituents is 1. The van der Waals surface area contributed by atoms with Crippen molar-refractivity contribution in [2.24, 2.45) is 0 Å². The van der Waals surface area contributed by atoms with Crippen molar-refractivity contribution < 1.29 is 9.72 Å². The molecule has 4 rings (SSSR count). The number of H-pyrrole nitrogens is 1. The second-order valence-electron chi connectivity index (χ2n) is 5.10. The number of carbonyl (C=O) groups excluding carboxylic acids is 1. The number of nitrogens with one attached hydrogen (secondary N) is 2. The molecule has 0 fully saturated rings. The Kier molecular flexibility index (Phi) is 2.98. The standard InChI is InChI=1S/C15H10N4O3S/c20-15-14-11(13(17-18-14)10-5-2-6-23-10)12(16-15)8-3-1-4-9(7-8)19(21)22/h1-7,12H,(H,16,20)(H,17,18). The zero-order valence-electron chi connectivity index (χ0n) is 11.6. The van der Waals surface area contributed by atoms with Gasteiger partial charge in [0.1, 0.15) is 0 Å². The molecule has 2 N–H and O–H groups in total. The summed E-state index contributed by atoms with van der Waals surface area (Å²) in [7, 11) is 0. The molecule has 1 atom stereocenters. The molecule has 1 aliphatic heterocycles. The fourth-order valence-corrected chi connectivity index (χ4v) is 3.49. The number of nitrogens with zero attached hydrogens (tertiary/aromatic N) is 2. The predicted octanol–water partition coefficient (Wildman–Crippen LogP) is 2.88. The molecule has 0 spiro atoms. The summed E-state index contributed by atoms with van der Waals surface area (Å²) < 4.78 is 0. The van der Waals surface area contributed by atoms with Crippen molar-refractivity contribution in [1.82, 2.24) is 15.5 Å². The number of hydrogen-bond donors (Lipinski definition) is 2. The first kappa shape index (κ1) is 13.6. The van der Waals surface area contributed by atoms with E-state index in [0.29, 0.717) is 11.3 Å². The van der Waals surface area contributed by atoms with Crippen LogP contribution in [0.3, 0.4) is 0 Å². The van der Waals surface area contributed by atoms with Gasteiger partial charge in [0.25, 0.3) is 11.6 Å². The van der Waals surface area contributed by atoms with Gasteiger partial charge in [-0.25, -0.2) is 0 Å². The Balaban J connectivity index is 1.85. The van der Waals surface area contributed by atoms with Gasteiger partial charge in [-0.15, -0.1) is 11.3 Å². The maximum atomic E-state index is 12.1. The van der Waals surface area contributed by atoms with Crippen molar-refractivity contribution in [1.29, 1.82) is 0 Å². The second-order valence-corrected chi connectivity index (χ2v) is 6.04. The number of carbonyl (C=O) groups is 1. The molecule has 3 aromatic rings. The van der Waals surface area contributed by atoms with Gasteiger partial charge in [-0.05, 0) is 17.0 Å². The largest absolute Gasteiger partial charge is 0.340 e. The Morgan fingerprint density at radius 3 is 2.87 bits per heavy atom. The number of aromatic nitrogens is 2. The van der Waals surface area contributed by atoms with Crippen LogP contribution in [0.1, 0.15) is 27.7 Å².